The van der Waals surface area contributed by atoms with Crippen molar-refractivity contribution in [3.63, 3.8) is 0 Å². The normalized spacial score (nSPS) is 11.8. The smallest absolute Gasteiger partial charge is 0.294 e. The summed E-state index contributed by atoms with van der Waals surface area (Å²) in [4.78, 5) is 18.4. The van der Waals surface area contributed by atoms with Crippen molar-refractivity contribution in [1.29, 1.82) is 0 Å². The van der Waals surface area contributed by atoms with Gasteiger partial charge in [-0.1, -0.05) is 30.3 Å². The molecule has 0 saturated heterocycles. The Labute approximate surface area is 92.9 Å². The fraction of sp³-hybridized carbons (Fsp3) is 0.0833. The van der Waals surface area contributed by atoms with Crippen LogP contribution in [-0.4, -0.2) is 16.4 Å². The summed E-state index contributed by atoms with van der Waals surface area (Å²) in [7, 11) is 0. The number of aromatic nitrogens is 2. The van der Waals surface area contributed by atoms with Gasteiger partial charge in [-0.15, -0.1) is 0 Å². The maximum atomic E-state index is 10.5. The van der Waals surface area contributed by atoms with Crippen molar-refractivity contribution < 1.29 is 9.53 Å². The minimum atomic E-state index is -0.471. The third kappa shape index (κ3) is 2.23. The Bertz CT molecular complexity index is 406. The number of rotatable bonds is 4. The fourth-order valence-corrected chi connectivity index (χ4v) is 1.46. The van der Waals surface area contributed by atoms with E-state index < -0.39 is 6.10 Å². The molecule has 4 heteroatoms. The number of carbonyl (C=O) groups is 1. The second-order valence-corrected chi connectivity index (χ2v) is 3.16. The molecular formula is C12H10N2O2. The molecule has 1 heterocycles. The van der Waals surface area contributed by atoms with Crippen molar-refractivity contribution in [3.05, 3.63) is 60.2 Å². The van der Waals surface area contributed by atoms with Crippen LogP contribution in [0.25, 0.3) is 0 Å². The first-order valence-electron chi connectivity index (χ1n) is 4.82. The summed E-state index contributed by atoms with van der Waals surface area (Å²) in [6.07, 6.45) is 2.58. The van der Waals surface area contributed by atoms with Crippen LogP contribution in [0, 0.1) is 0 Å². The highest BCUT2D eigenvalue weighted by Gasteiger charge is 2.15. The molecule has 0 N–H and O–H groups in total. The predicted molar refractivity (Wildman–Crippen MR) is 57.5 cm³/mol. The quantitative estimate of drug-likeness (QED) is 0.727. The van der Waals surface area contributed by atoms with E-state index in [9.17, 15) is 4.79 Å². The van der Waals surface area contributed by atoms with Crippen LogP contribution in [0.4, 0.5) is 0 Å². The van der Waals surface area contributed by atoms with Gasteiger partial charge in [-0.3, -0.25) is 4.79 Å². The van der Waals surface area contributed by atoms with Gasteiger partial charge in [0.2, 0.25) is 0 Å². The summed E-state index contributed by atoms with van der Waals surface area (Å²) >= 11 is 0. The zero-order valence-corrected chi connectivity index (χ0v) is 8.48. The number of ether oxygens (including phenoxy) is 1. The van der Waals surface area contributed by atoms with Crippen molar-refractivity contribution in [2.45, 2.75) is 6.10 Å². The van der Waals surface area contributed by atoms with Gasteiger partial charge in [-0.05, 0) is 11.6 Å². The lowest BCUT2D eigenvalue weighted by Gasteiger charge is -2.14. The van der Waals surface area contributed by atoms with Crippen LogP contribution in [0.5, 0.6) is 0 Å². The molecule has 80 valence electrons. The molecule has 0 radical (unpaired) electrons. The second kappa shape index (κ2) is 5.02. The van der Waals surface area contributed by atoms with E-state index in [2.05, 4.69) is 9.97 Å². The molecule has 0 bridgehead atoms. The Morgan fingerprint density at radius 3 is 2.62 bits per heavy atom. The fourth-order valence-electron chi connectivity index (χ4n) is 1.46. The SMILES string of the molecule is O=COC(c1ccccc1)c1ccncn1. The molecule has 1 unspecified atom stereocenters. The first-order valence-corrected chi connectivity index (χ1v) is 4.82. The van der Waals surface area contributed by atoms with E-state index in [1.54, 1.807) is 12.3 Å². The lowest BCUT2D eigenvalue weighted by Crippen LogP contribution is -2.07. The molecule has 1 aromatic heterocycles. The Hall–Kier alpha value is -2.23. The van der Waals surface area contributed by atoms with Gasteiger partial charge in [0, 0.05) is 6.20 Å². The molecule has 0 aliphatic carbocycles. The first-order chi connectivity index (χ1) is 7.92. The van der Waals surface area contributed by atoms with Crippen LogP contribution < -0.4 is 0 Å². The van der Waals surface area contributed by atoms with E-state index >= 15 is 0 Å². The van der Waals surface area contributed by atoms with Gasteiger partial charge in [0.05, 0.1) is 5.69 Å². The standard InChI is InChI=1S/C12H10N2O2/c15-9-16-12(10-4-2-1-3-5-10)11-6-7-13-8-14-11/h1-9,12H. The highest BCUT2D eigenvalue weighted by molar-refractivity contribution is 5.40. The molecule has 1 aromatic carbocycles. The summed E-state index contributed by atoms with van der Waals surface area (Å²) in [5, 5.41) is 0. The molecule has 0 saturated carbocycles. The number of nitrogens with zero attached hydrogens (tertiary/aromatic N) is 2. The Kier molecular flexibility index (Phi) is 3.23. The zero-order valence-electron chi connectivity index (χ0n) is 8.48. The van der Waals surface area contributed by atoms with E-state index in [0.717, 1.165) is 5.56 Å². The van der Waals surface area contributed by atoms with Crippen LogP contribution in [0.2, 0.25) is 0 Å². The molecule has 0 spiro atoms. The zero-order chi connectivity index (χ0) is 11.2. The molecule has 0 amide bonds. The molecule has 0 aliphatic rings. The molecule has 2 rings (SSSR count). The van der Waals surface area contributed by atoms with Crippen LogP contribution in [-0.2, 0) is 9.53 Å². The van der Waals surface area contributed by atoms with Gasteiger partial charge in [0.15, 0.2) is 6.10 Å². The van der Waals surface area contributed by atoms with Gasteiger partial charge in [-0.25, -0.2) is 9.97 Å². The Morgan fingerprint density at radius 1 is 1.19 bits per heavy atom. The van der Waals surface area contributed by atoms with Gasteiger partial charge in [-0.2, -0.15) is 0 Å². The molecule has 0 aliphatic heterocycles. The van der Waals surface area contributed by atoms with Crippen LogP contribution in [0.15, 0.2) is 48.9 Å². The molecule has 2 aromatic rings. The van der Waals surface area contributed by atoms with E-state index in [4.69, 9.17) is 4.74 Å². The Morgan fingerprint density at radius 2 is 2.00 bits per heavy atom. The van der Waals surface area contributed by atoms with Gasteiger partial charge in [0.1, 0.15) is 6.33 Å². The number of hydrogen-bond acceptors (Lipinski definition) is 4. The van der Waals surface area contributed by atoms with Crippen molar-refractivity contribution in [2.75, 3.05) is 0 Å². The largest absolute Gasteiger partial charge is 0.453 e. The summed E-state index contributed by atoms with van der Waals surface area (Å²) in [5.41, 5.74) is 1.54. The first kappa shape index (κ1) is 10.3. The van der Waals surface area contributed by atoms with E-state index in [-0.39, 0.29) is 0 Å². The third-order valence-electron chi connectivity index (χ3n) is 2.17. The summed E-state index contributed by atoms with van der Waals surface area (Å²) < 4.78 is 5.04. The predicted octanol–water partition coefficient (Wildman–Crippen LogP) is 1.74. The summed E-state index contributed by atoms with van der Waals surface area (Å²) in [5.74, 6) is 0. The molecule has 16 heavy (non-hydrogen) atoms. The number of benzene rings is 1. The third-order valence-corrected chi connectivity index (χ3v) is 2.17. The van der Waals surface area contributed by atoms with Crippen LogP contribution in [0.1, 0.15) is 17.4 Å². The highest BCUT2D eigenvalue weighted by Crippen LogP contribution is 2.22. The van der Waals surface area contributed by atoms with Crippen molar-refractivity contribution in [2.24, 2.45) is 0 Å². The van der Waals surface area contributed by atoms with E-state index in [0.29, 0.717) is 12.2 Å². The minimum Gasteiger partial charge on any atom is -0.453 e. The maximum Gasteiger partial charge on any atom is 0.294 e. The van der Waals surface area contributed by atoms with Crippen LogP contribution >= 0.6 is 0 Å². The molecule has 1 atom stereocenters. The van der Waals surface area contributed by atoms with Crippen molar-refractivity contribution in [3.8, 4) is 0 Å². The van der Waals surface area contributed by atoms with Crippen molar-refractivity contribution in [1.82, 2.24) is 9.97 Å². The average molecular weight is 214 g/mol. The molecular weight excluding hydrogens is 204 g/mol. The lowest BCUT2D eigenvalue weighted by atomic mass is 10.1. The lowest BCUT2D eigenvalue weighted by molar-refractivity contribution is -0.132. The van der Waals surface area contributed by atoms with Gasteiger partial charge < -0.3 is 4.74 Å². The van der Waals surface area contributed by atoms with E-state index in [1.165, 1.54) is 6.33 Å². The number of carbonyl (C=O) groups excluding carboxylic acids is 1. The summed E-state index contributed by atoms with van der Waals surface area (Å²) in [6, 6.07) is 11.2. The molecule has 0 fully saturated rings. The highest BCUT2D eigenvalue weighted by atomic mass is 16.5. The molecule has 4 nitrogen and oxygen atoms in total. The van der Waals surface area contributed by atoms with Gasteiger partial charge in [0.25, 0.3) is 6.47 Å². The van der Waals surface area contributed by atoms with Crippen molar-refractivity contribution >= 4 is 6.47 Å². The van der Waals surface area contributed by atoms with Crippen LogP contribution in [0.3, 0.4) is 0 Å². The number of hydrogen-bond donors (Lipinski definition) is 0. The topological polar surface area (TPSA) is 52.1 Å². The summed E-state index contributed by atoms with van der Waals surface area (Å²) in [6.45, 7) is 0.430. The van der Waals surface area contributed by atoms with E-state index in [1.807, 2.05) is 30.3 Å². The maximum absolute atomic E-state index is 10.5. The monoisotopic (exact) mass is 214 g/mol. The minimum absolute atomic E-state index is 0.430. The average Bonchev–Trinajstić information content (AvgIpc) is 2.38. The Balaban J connectivity index is 2.35. The van der Waals surface area contributed by atoms with Gasteiger partial charge >= 0.3 is 0 Å². The second-order valence-electron chi connectivity index (χ2n) is 3.16.